The minimum atomic E-state index is -0.987. The minimum Gasteiger partial charge on any atom is -0.507 e. The van der Waals surface area contributed by atoms with Crippen molar-refractivity contribution in [1.82, 2.24) is 0 Å². The van der Waals surface area contributed by atoms with Gasteiger partial charge in [0.15, 0.2) is 6.61 Å². The average molecular weight is 519 g/mol. The van der Waals surface area contributed by atoms with Crippen molar-refractivity contribution >= 4 is 29.5 Å². The van der Waals surface area contributed by atoms with Crippen LogP contribution in [0.15, 0.2) is 40.1 Å². The molecule has 0 radical (unpaired) electrons. The van der Waals surface area contributed by atoms with Crippen LogP contribution in [0.4, 0.5) is 0 Å². The number of aliphatic carboxylic acids is 1. The standard InChI is InChI=1S/C29H42O4S2/c1-26(2,3)20-14-18(12-13-23(20)33-17-24(30)31)34-29(10,11)35-19-15-21(27(4,5)6)25(32)22(16-19)28(7,8)9/h12-16,32H,17H2,1-11H3,(H,30,31). The van der Waals surface area contributed by atoms with E-state index in [1.54, 1.807) is 23.5 Å². The first kappa shape index (κ1) is 29.4. The third-order valence-electron chi connectivity index (χ3n) is 5.54. The highest BCUT2D eigenvalue weighted by atomic mass is 32.2. The lowest BCUT2D eigenvalue weighted by Gasteiger charge is -2.30. The van der Waals surface area contributed by atoms with Crippen LogP contribution in [0.25, 0.3) is 0 Å². The van der Waals surface area contributed by atoms with E-state index in [1.807, 2.05) is 12.1 Å². The molecular formula is C29H42O4S2. The summed E-state index contributed by atoms with van der Waals surface area (Å²) in [6.45, 7) is 23.1. The van der Waals surface area contributed by atoms with Crippen molar-refractivity contribution in [1.29, 1.82) is 0 Å². The quantitative estimate of drug-likeness (QED) is 0.283. The van der Waals surface area contributed by atoms with Crippen LogP contribution < -0.4 is 4.74 Å². The fraction of sp³-hybridized carbons (Fsp3) is 0.552. The van der Waals surface area contributed by atoms with Crippen molar-refractivity contribution in [3.8, 4) is 11.5 Å². The van der Waals surface area contributed by atoms with Gasteiger partial charge in [0.1, 0.15) is 11.5 Å². The van der Waals surface area contributed by atoms with Crippen molar-refractivity contribution in [3.05, 3.63) is 47.0 Å². The first-order valence-corrected chi connectivity index (χ1v) is 13.6. The second-order valence-corrected chi connectivity index (χ2v) is 16.2. The Morgan fingerprint density at radius 2 is 1.17 bits per heavy atom. The Bertz CT molecular complexity index is 1030. The molecule has 0 saturated carbocycles. The number of ether oxygens (including phenoxy) is 1. The summed E-state index contributed by atoms with van der Waals surface area (Å²) >= 11 is 3.55. The summed E-state index contributed by atoms with van der Waals surface area (Å²) in [6.07, 6.45) is 0. The van der Waals surface area contributed by atoms with Gasteiger partial charge in [0, 0.05) is 26.5 Å². The largest absolute Gasteiger partial charge is 0.507 e. The Labute approximate surface area is 220 Å². The summed E-state index contributed by atoms with van der Waals surface area (Å²) in [6, 6.07) is 10.2. The number of phenolic OH excluding ortho intramolecular Hbond substituents is 1. The number of thioether (sulfide) groups is 2. The zero-order valence-electron chi connectivity index (χ0n) is 23.1. The maximum Gasteiger partial charge on any atom is 0.341 e. The van der Waals surface area contributed by atoms with Crippen molar-refractivity contribution in [2.24, 2.45) is 0 Å². The molecule has 2 aromatic rings. The van der Waals surface area contributed by atoms with E-state index in [4.69, 9.17) is 9.84 Å². The van der Waals surface area contributed by atoms with Crippen molar-refractivity contribution < 1.29 is 19.7 Å². The maximum atomic E-state index is 11.1. The van der Waals surface area contributed by atoms with Gasteiger partial charge in [0.05, 0.1) is 4.08 Å². The number of phenols is 1. The molecule has 0 aliphatic heterocycles. The van der Waals surface area contributed by atoms with Gasteiger partial charge in [-0.15, -0.1) is 23.5 Å². The molecule has 0 unspecified atom stereocenters. The predicted molar refractivity (Wildman–Crippen MR) is 150 cm³/mol. The summed E-state index contributed by atoms with van der Waals surface area (Å²) in [5.41, 5.74) is 2.36. The highest BCUT2D eigenvalue weighted by Gasteiger charge is 2.29. The highest BCUT2D eigenvalue weighted by molar-refractivity contribution is 8.18. The van der Waals surface area contributed by atoms with Crippen molar-refractivity contribution in [2.45, 2.75) is 106 Å². The minimum absolute atomic E-state index is 0.175. The van der Waals surface area contributed by atoms with Crippen molar-refractivity contribution in [3.63, 3.8) is 0 Å². The van der Waals surface area contributed by atoms with E-state index in [9.17, 15) is 9.90 Å². The van der Waals surface area contributed by atoms with E-state index in [2.05, 4.69) is 94.4 Å². The predicted octanol–water partition coefficient (Wildman–Crippen LogP) is 8.37. The summed E-state index contributed by atoms with van der Waals surface area (Å²) in [7, 11) is 0. The Balaban J connectivity index is 2.42. The first-order chi connectivity index (χ1) is 15.7. The van der Waals surface area contributed by atoms with Crippen LogP contribution in [-0.4, -0.2) is 26.9 Å². The zero-order chi connectivity index (χ0) is 27.0. The SMILES string of the molecule is CC(C)(Sc1ccc(OCC(=O)O)c(C(C)(C)C)c1)Sc1cc(C(C)(C)C)c(O)c(C(C)(C)C)c1. The van der Waals surface area contributed by atoms with E-state index in [1.165, 1.54) is 0 Å². The van der Waals surface area contributed by atoms with Gasteiger partial charge >= 0.3 is 5.97 Å². The number of aromatic hydroxyl groups is 1. The fourth-order valence-electron chi connectivity index (χ4n) is 3.82. The topological polar surface area (TPSA) is 66.8 Å². The van der Waals surface area contributed by atoms with E-state index in [-0.39, 0.29) is 26.9 Å². The zero-order valence-corrected chi connectivity index (χ0v) is 24.8. The van der Waals surface area contributed by atoms with E-state index >= 15 is 0 Å². The Morgan fingerprint density at radius 3 is 1.60 bits per heavy atom. The molecule has 0 aliphatic carbocycles. The lowest BCUT2D eigenvalue weighted by Crippen LogP contribution is -2.18. The van der Waals surface area contributed by atoms with Crippen LogP contribution in [0, 0.1) is 0 Å². The van der Waals surface area contributed by atoms with Crippen molar-refractivity contribution in [2.75, 3.05) is 6.61 Å². The smallest absolute Gasteiger partial charge is 0.341 e. The molecule has 0 amide bonds. The molecule has 0 fully saturated rings. The molecule has 35 heavy (non-hydrogen) atoms. The van der Waals surface area contributed by atoms with E-state index in [0.717, 1.165) is 26.5 Å². The monoisotopic (exact) mass is 518 g/mol. The van der Waals surface area contributed by atoms with Gasteiger partial charge in [-0.05, 0) is 60.4 Å². The molecular weight excluding hydrogens is 476 g/mol. The molecule has 2 aromatic carbocycles. The Kier molecular flexibility index (Phi) is 8.66. The summed E-state index contributed by atoms with van der Waals surface area (Å²) in [4.78, 5) is 13.2. The molecule has 0 saturated heterocycles. The molecule has 2 rings (SSSR count). The van der Waals surface area contributed by atoms with Crippen LogP contribution in [0.2, 0.25) is 0 Å². The molecule has 0 aromatic heterocycles. The highest BCUT2D eigenvalue weighted by Crippen LogP contribution is 2.49. The second kappa shape index (κ2) is 10.3. The third kappa shape index (κ3) is 8.11. The van der Waals surface area contributed by atoms with Gasteiger partial charge in [-0.2, -0.15) is 0 Å². The molecule has 0 heterocycles. The van der Waals surface area contributed by atoms with Gasteiger partial charge < -0.3 is 14.9 Å². The van der Waals surface area contributed by atoms with Crippen LogP contribution in [0.3, 0.4) is 0 Å². The second-order valence-electron chi connectivity index (χ2n) is 12.6. The molecule has 0 atom stereocenters. The molecule has 2 N–H and O–H groups in total. The molecule has 6 heteroatoms. The third-order valence-corrected chi connectivity index (χ3v) is 7.98. The Hall–Kier alpha value is -1.79. The fourth-order valence-corrected chi connectivity index (χ4v) is 6.37. The molecule has 0 aliphatic rings. The van der Waals surface area contributed by atoms with E-state index < -0.39 is 5.97 Å². The number of carboxylic acid groups (broad SMARTS) is 1. The lowest BCUT2D eigenvalue weighted by atomic mass is 9.79. The van der Waals surface area contributed by atoms with Gasteiger partial charge in [-0.3, -0.25) is 0 Å². The molecule has 0 spiro atoms. The molecule has 0 bridgehead atoms. The number of hydrogen-bond donors (Lipinski definition) is 2. The van der Waals surface area contributed by atoms with Crippen LogP contribution in [0.5, 0.6) is 11.5 Å². The number of benzene rings is 2. The average Bonchev–Trinajstić information content (AvgIpc) is 2.65. The number of hydrogen-bond acceptors (Lipinski definition) is 5. The van der Waals surface area contributed by atoms with Gasteiger partial charge in [-0.1, -0.05) is 62.3 Å². The first-order valence-electron chi connectivity index (χ1n) is 12.0. The number of carbonyl (C=O) groups is 1. The van der Waals surface area contributed by atoms with Crippen LogP contribution >= 0.6 is 23.5 Å². The normalized spacial score (nSPS) is 13.1. The van der Waals surface area contributed by atoms with Crippen LogP contribution in [-0.2, 0) is 21.0 Å². The number of rotatable bonds is 7. The lowest BCUT2D eigenvalue weighted by molar-refractivity contribution is -0.139. The molecule has 194 valence electrons. The van der Waals surface area contributed by atoms with Crippen LogP contribution in [0.1, 0.15) is 92.9 Å². The van der Waals surface area contributed by atoms with Gasteiger partial charge in [0.2, 0.25) is 0 Å². The summed E-state index contributed by atoms with van der Waals surface area (Å²) in [5, 5.41) is 20.1. The summed E-state index contributed by atoms with van der Waals surface area (Å²) < 4.78 is 5.37. The number of carboxylic acids is 1. The maximum absolute atomic E-state index is 11.1. The van der Waals surface area contributed by atoms with E-state index in [0.29, 0.717) is 11.5 Å². The molecule has 4 nitrogen and oxygen atoms in total. The van der Waals surface area contributed by atoms with Gasteiger partial charge in [0.25, 0.3) is 0 Å². The summed E-state index contributed by atoms with van der Waals surface area (Å²) in [5.74, 6) is 0.0171. The Morgan fingerprint density at radius 1 is 0.743 bits per heavy atom. The van der Waals surface area contributed by atoms with Gasteiger partial charge in [-0.25, -0.2) is 4.79 Å².